The molecule has 1 saturated heterocycles. The van der Waals surface area contributed by atoms with Gasteiger partial charge in [0.1, 0.15) is 12.7 Å². The summed E-state index contributed by atoms with van der Waals surface area (Å²) in [6, 6.07) is 9.71. The van der Waals surface area contributed by atoms with Crippen LogP contribution < -0.4 is 4.73 Å². The number of nitrogens with zero attached hydrogens (tertiary/aromatic N) is 3. The lowest BCUT2D eigenvalue weighted by molar-refractivity contribution is -0.612. The lowest BCUT2D eigenvalue weighted by Crippen LogP contribution is -2.46. The molecule has 2 heterocycles. The fourth-order valence-electron chi connectivity index (χ4n) is 3.90. The van der Waals surface area contributed by atoms with Crippen LogP contribution in [0.5, 0.6) is 0 Å². The summed E-state index contributed by atoms with van der Waals surface area (Å²) in [5.41, 5.74) is 3.47. The summed E-state index contributed by atoms with van der Waals surface area (Å²) in [4.78, 5) is 20.1. The second kappa shape index (κ2) is 8.53. The van der Waals surface area contributed by atoms with Crippen LogP contribution in [-0.2, 0) is 4.84 Å². The Labute approximate surface area is 179 Å². The van der Waals surface area contributed by atoms with Gasteiger partial charge in [-0.3, -0.25) is 4.79 Å². The molecule has 0 spiro atoms. The molecule has 1 aromatic heterocycles. The quantitative estimate of drug-likeness (QED) is 0.300. The molecule has 1 fully saturated rings. The van der Waals surface area contributed by atoms with Gasteiger partial charge in [-0.05, 0) is 43.0 Å². The predicted molar refractivity (Wildman–Crippen MR) is 116 cm³/mol. The Morgan fingerprint density at radius 2 is 1.83 bits per heavy atom. The molecule has 0 aliphatic carbocycles. The highest BCUT2D eigenvalue weighted by Gasteiger charge is 2.38. The third kappa shape index (κ3) is 4.29. The Morgan fingerprint density at radius 3 is 2.41 bits per heavy atom. The van der Waals surface area contributed by atoms with Gasteiger partial charge in [0.25, 0.3) is 5.91 Å². The van der Waals surface area contributed by atoms with Crippen LogP contribution >= 0.6 is 15.9 Å². The van der Waals surface area contributed by atoms with Gasteiger partial charge in [-0.1, -0.05) is 40.1 Å². The second-order valence-electron chi connectivity index (χ2n) is 7.77. The van der Waals surface area contributed by atoms with Gasteiger partial charge < -0.3 is 14.9 Å². The predicted octanol–water partition coefficient (Wildman–Crippen LogP) is 3.99. The van der Waals surface area contributed by atoms with Gasteiger partial charge in [0.05, 0.1) is 5.71 Å². The molecule has 0 unspecified atom stereocenters. The number of halogens is 1. The molecule has 1 aliphatic heterocycles. The molecule has 0 atom stereocenters. The topological polar surface area (TPSA) is 68.8 Å². The van der Waals surface area contributed by atoms with Gasteiger partial charge >= 0.3 is 0 Å². The lowest BCUT2D eigenvalue weighted by atomic mass is 9.74. The van der Waals surface area contributed by atoms with Gasteiger partial charge in [-0.15, -0.1) is 0 Å². The first-order chi connectivity index (χ1) is 13.8. The van der Waals surface area contributed by atoms with Crippen molar-refractivity contribution in [2.45, 2.75) is 33.6 Å². The largest absolute Gasteiger partial charge is 0.618 e. The minimum absolute atomic E-state index is 0.0823. The molecule has 29 heavy (non-hydrogen) atoms. The van der Waals surface area contributed by atoms with Crippen LogP contribution in [0, 0.1) is 24.5 Å². The highest BCUT2D eigenvalue weighted by molar-refractivity contribution is 9.10. The SMILES string of the molecule is CO/N=C(\c1ccc(Br)cc1)C1(C)CCN(C(=O)c2c(C)cc[n+]([O-])c2C)CC1. The number of hydrogen-bond acceptors (Lipinski definition) is 4. The van der Waals surface area contributed by atoms with E-state index in [2.05, 4.69) is 28.0 Å². The third-order valence-electron chi connectivity index (χ3n) is 5.79. The minimum Gasteiger partial charge on any atom is -0.618 e. The van der Waals surface area contributed by atoms with Crippen LogP contribution in [0.3, 0.4) is 0 Å². The van der Waals surface area contributed by atoms with E-state index in [9.17, 15) is 10.0 Å². The highest BCUT2D eigenvalue weighted by atomic mass is 79.9. The standard InChI is InChI=1S/C22H26BrN3O3/c1-15-9-12-26(28)16(2)19(15)21(27)25-13-10-22(3,11-14-25)20(24-29-4)17-5-7-18(23)8-6-17/h5-9,12H,10-11,13-14H2,1-4H3/b24-20+. The van der Waals surface area contributed by atoms with E-state index in [1.807, 2.05) is 36.1 Å². The number of likely N-dealkylation sites (tertiary alicyclic amines) is 1. The molecule has 7 heteroatoms. The number of carbonyl (C=O) groups excluding carboxylic acids is 1. The number of pyridine rings is 1. The summed E-state index contributed by atoms with van der Waals surface area (Å²) in [5.74, 6) is -0.0823. The van der Waals surface area contributed by atoms with Crippen LogP contribution in [0.2, 0.25) is 0 Å². The van der Waals surface area contributed by atoms with E-state index < -0.39 is 0 Å². The molecular formula is C22H26BrN3O3. The molecule has 1 aromatic carbocycles. The van der Waals surface area contributed by atoms with Gasteiger partial charge in [0.2, 0.25) is 5.69 Å². The summed E-state index contributed by atoms with van der Waals surface area (Å²) >= 11 is 3.47. The normalized spacial score (nSPS) is 16.6. The van der Waals surface area contributed by atoms with Crippen LogP contribution in [0.25, 0.3) is 0 Å². The van der Waals surface area contributed by atoms with Crippen molar-refractivity contribution in [3.63, 3.8) is 0 Å². The first-order valence-corrected chi connectivity index (χ1v) is 10.4. The molecule has 0 radical (unpaired) electrons. The van der Waals surface area contributed by atoms with Crippen LogP contribution in [0.15, 0.2) is 46.2 Å². The number of oxime groups is 1. The average molecular weight is 460 g/mol. The molecule has 1 amide bonds. The number of rotatable bonds is 4. The van der Waals surface area contributed by atoms with E-state index in [-0.39, 0.29) is 11.3 Å². The third-order valence-corrected chi connectivity index (χ3v) is 6.32. The molecule has 0 bridgehead atoms. The van der Waals surface area contributed by atoms with E-state index in [4.69, 9.17) is 4.84 Å². The monoisotopic (exact) mass is 459 g/mol. The first-order valence-electron chi connectivity index (χ1n) is 9.63. The van der Waals surface area contributed by atoms with E-state index in [0.717, 1.165) is 38.9 Å². The summed E-state index contributed by atoms with van der Waals surface area (Å²) in [6.07, 6.45) is 2.97. The minimum atomic E-state index is -0.208. The van der Waals surface area contributed by atoms with Gasteiger partial charge in [-0.25, -0.2) is 0 Å². The van der Waals surface area contributed by atoms with Crippen molar-refractivity contribution in [1.29, 1.82) is 0 Å². The summed E-state index contributed by atoms with van der Waals surface area (Å²) in [6.45, 7) is 6.92. The zero-order chi connectivity index (χ0) is 21.2. The maximum absolute atomic E-state index is 13.1. The summed E-state index contributed by atoms with van der Waals surface area (Å²) < 4.78 is 1.76. The van der Waals surface area contributed by atoms with Crippen molar-refractivity contribution >= 4 is 27.5 Å². The zero-order valence-corrected chi connectivity index (χ0v) is 18.8. The molecule has 6 nitrogen and oxygen atoms in total. The van der Waals surface area contributed by atoms with E-state index >= 15 is 0 Å². The Kier molecular flexibility index (Phi) is 6.27. The highest BCUT2D eigenvalue weighted by Crippen LogP contribution is 2.36. The van der Waals surface area contributed by atoms with E-state index in [0.29, 0.717) is 24.3 Å². The van der Waals surface area contributed by atoms with Gasteiger partial charge in [0.15, 0.2) is 6.20 Å². The average Bonchev–Trinajstić information content (AvgIpc) is 2.70. The number of aryl methyl sites for hydroxylation is 1. The van der Waals surface area contributed by atoms with E-state index in [1.54, 1.807) is 20.1 Å². The molecule has 3 rings (SSSR count). The number of hydrogen-bond donors (Lipinski definition) is 0. The van der Waals surface area contributed by atoms with Gasteiger partial charge in [-0.2, -0.15) is 4.73 Å². The molecular weight excluding hydrogens is 434 g/mol. The maximum atomic E-state index is 13.1. The van der Waals surface area contributed by atoms with Crippen molar-refractivity contribution in [3.8, 4) is 0 Å². The first kappa shape index (κ1) is 21.3. The number of piperidine rings is 1. The molecule has 154 valence electrons. The Hall–Kier alpha value is -2.41. The number of amides is 1. The number of carbonyl (C=O) groups is 1. The number of aromatic nitrogens is 1. The summed E-state index contributed by atoms with van der Waals surface area (Å²) in [5, 5.41) is 16.3. The van der Waals surface area contributed by atoms with Crippen molar-refractivity contribution < 1.29 is 14.4 Å². The zero-order valence-electron chi connectivity index (χ0n) is 17.2. The van der Waals surface area contributed by atoms with Crippen LogP contribution in [0.1, 0.15) is 46.9 Å². The molecule has 1 aliphatic rings. The molecule has 0 saturated carbocycles. The van der Waals surface area contributed by atoms with Crippen molar-refractivity contribution in [1.82, 2.24) is 4.90 Å². The second-order valence-corrected chi connectivity index (χ2v) is 8.68. The smallest absolute Gasteiger partial charge is 0.260 e. The fourth-order valence-corrected chi connectivity index (χ4v) is 4.17. The van der Waals surface area contributed by atoms with Crippen LogP contribution in [0.4, 0.5) is 0 Å². The van der Waals surface area contributed by atoms with Gasteiger partial charge in [0, 0.05) is 36.0 Å². The lowest BCUT2D eigenvalue weighted by Gasteiger charge is -2.40. The molecule has 2 aromatic rings. The number of benzene rings is 1. The van der Waals surface area contributed by atoms with E-state index in [1.165, 1.54) is 6.20 Å². The van der Waals surface area contributed by atoms with Crippen LogP contribution in [-0.4, -0.2) is 36.7 Å². The van der Waals surface area contributed by atoms with Crippen molar-refractivity contribution in [2.75, 3.05) is 20.2 Å². The molecule has 0 N–H and O–H groups in total. The summed E-state index contributed by atoms with van der Waals surface area (Å²) in [7, 11) is 1.56. The Balaban J connectivity index is 1.81. The fraction of sp³-hybridized carbons (Fsp3) is 0.409. The Morgan fingerprint density at radius 1 is 1.21 bits per heavy atom. The van der Waals surface area contributed by atoms with Crippen molar-refractivity contribution in [3.05, 3.63) is 68.6 Å². The van der Waals surface area contributed by atoms with Crippen molar-refractivity contribution in [2.24, 2.45) is 10.6 Å². The maximum Gasteiger partial charge on any atom is 0.260 e. The Bertz CT molecular complexity index is 933.